The lowest BCUT2D eigenvalue weighted by molar-refractivity contribution is -0.506. The van der Waals surface area contributed by atoms with Gasteiger partial charge in [0.25, 0.3) is 0 Å². The quantitative estimate of drug-likeness (QED) is 0.435. The van der Waals surface area contributed by atoms with Crippen LogP contribution in [0.1, 0.15) is 0 Å². The zero-order chi connectivity index (χ0) is 6.97. The second-order valence-corrected chi connectivity index (χ2v) is 2.67. The van der Waals surface area contributed by atoms with E-state index >= 15 is 0 Å². The van der Waals surface area contributed by atoms with Crippen LogP contribution in [0.4, 0.5) is 0 Å². The summed E-state index contributed by atoms with van der Waals surface area (Å²) >= 11 is 0. The highest BCUT2D eigenvalue weighted by molar-refractivity contribution is 5.72. The normalized spacial score (nSPS) is 27.9. The van der Waals surface area contributed by atoms with Crippen molar-refractivity contribution in [2.45, 2.75) is 6.04 Å². The summed E-state index contributed by atoms with van der Waals surface area (Å²) in [5, 5.41) is 0. The van der Waals surface area contributed by atoms with E-state index in [0.717, 1.165) is 0 Å². The van der Waals surface area contributed by atoms with E-state index in [4.69, 9.17) is 0 Å². The summed E-state index contributed by atoms with van der Waals surface area (Å²) in [4.78, 5) is 0. The van der Waals surface area contributed by atoms with E-state index in [-0.39, 0.29) is 0 Å². The Morgan fingerprint density at radius 1 is 1.40 bits per heavy atom. The van der Waals surface area contributed by atoms with Crippen molar-refractivity contribution >= 4 is 6.21 Å². The Hall–Kier alpha value is -1.11. The molecular weight excluding hydrogens is 122 g/mol. The molecule has 0 saturated carbocycles. The second-order valence-electron chi connectivity index (χ2n) is 2.67. The van der Waals surface area contributed by atoms with Gasteiger partial charge in [-0.3, -0.25) is 0 Å². The van der Waals surface area contributed by atoms with Gasteiger partial charge in [-0.1, -0.05) is 18.2 Å². The van der Waals surface area contributed by atoms with E-state index in [9.17, 15) is 0 Å². The van der Waals surface area contributed by atoms with Gasteiger partial charge < -0.3 is 0 Å². The molecule has 50 valence electrons. The summed E-state index contributed by atoms with van der Waals surface area (Å²) < 4.78 is 2.20. The minimum Gasteiger partial charge on any atom is -0.228 e. The molecule has 1 unspecified atom stereocenters. The van der Waals surface area contributed by atoms with Crippen LogP contribution < -0.4 is 0 Å². The molecule has 2 rings (SSSR count). The lowest BCUT2D eigenvalue weighted by Gasteiger charge is -2.06. The molecule has 1 nitrogen and oxygen atoms in total. The standard InChI is InChI=1S/C9H10N/c1-10-7-6-8-4-2-3-5-9(8)10/h2-7,9H,1H3/q+1. The molecule has 10 heavy (non-hydrogen) atoms. The van der Waals surface area contributed by atoms with Crippen LogP contribution in [0.15, 0.2) is 36.0 Å². The molecule has 0 radical (unpaired) electrons. The lowest BCUT2D eigenvalue weighted by atomic mass is 10.0. The summed E-state index contributed by atoms with van der Waals surface area (Å²) in [7, 11) is 2.09. The summed E-state index contributed by atoms with van der Waals surface area (Å²) in [5.41, 5.74) is 1.39. The Labute approximate surface area is 60.7 Å². The first-order chi connectivity index (χ1) is 4.88. The highest BCUT2D eigenvalue weighted by atomic mass is 15.0. The van der Waals surface area contributed by atoms with E-state index in [1.807, 2.05) is 0 Å². The number of hydrogen-bond donors (Lipinski definition) is 0. The third-order valence-electron chi connectivity index (χ3n) is 1.98. The summed E-state index contributed by atoms with van der Waals surface area (Å²) in [6.45, 7) is 0. The molecule has 1 atom stereocenters. The fraction of sp³-hybridized carbons (Fsp3) is 0.222. The first kappa shape index (κ1) is 5.66. The Balaban J connectivity index is 2.39. The molecule has 1 aliphatic heterocycles. The molecule has 0 aromatic carbocycles. The maximum absolute atomic E-state index is 2.20. The topological polar surface area (TPSA) is 3.01 Å². The van der Waals surface area contributed by atoms with Gasteiger partial charge in [0, 0.05) is 11.6 Å². The zero-order valence-corrected chi connectivity index (χ0v) is 5.99. The second kappa shape index (κ2) is 1.94. The smallest absolute Gasteiger partial charge is 0.196 e. The average molecular weight is 132 g/mol. The maximum atomic E-state index is 2.20. The van der Waals surface area contributed by atoms with E-state index in [1.165, 1.54) is 5.57 Å². The maximum Gasteiger partial charge on any atom is 0.196 e. The van der Waals surface area contributed by atoms with Gasteiger partial charge in [-0.05, 0) is 6.08 Å². The summed E-state index contributed by atoms with van der Waals surface area (Å²) in [5.74, 6) is 0. The van der Waals surface area contributed by atoms with Gasteiger partial charge in [-0.25, -0.2) is 4.58 Å². The molecule has 0 spiro atoms. The molecular formula is C9H10N+. The van der Waals surface area contributed by atoms with Crippen LogP contribution in [-0.2, 0) is 0 Å². The third-order valence-corrected chi connectivity index (χ3v) is 1.98. The number of likely N-dealkylation sites (N-methyl/N-ethyl adjacent to an activating group) is 1. The Morgan fingerprint density at radius 2 is 2.30 bits per heavy atom. The molecule has 0 bridgehead atoms. The first-order valence-electron chi connectivity index (χ1n) is 3.50. The SMILES string of the molecule is C[N+]1=CC=C2C=CC=CC21. The fourth-order valence-electron chi connectivity index (χ4n) is 1.37. The largest absolute Gasteiger partial charge is 0.228 e. The van der Waals surface area contributed by atoms with Crippen LogP contribution >= 0.6 is 0 Å². The molecule has 0 amide bonds. The molecule has 1 heterocycles. The third kappa shape index (κ3) is 0.670. The molecule has 2 aliphatic rings. The fourth-order valence-corrected chi connectivity index (χ4v) is 1.37. The zero-order valence-electron chi connectivity index (χ0n) is 5.99. The van der Waals surface area contributed by atoms with Gasteiger partial charge in [0.15, 0.2) is 12.3 Å². The Bertz CT molecular complexity index is 266. The monoisotopic (exact) mass is 132 g/mol. The van der Waals surface area contributed by atoms with E-state index in [0.29, 0.717) is 6.04 Å². The average Bonchev–Trinajstić information content (AvgIpc) is 2.34. The van der Waals surface area contributed by atoms with Crippen LogP contribution in [0.2, 0.25) is 0 Å². The highest BCUT2D eigenvalue weighted by Crippen LogP contribution is 2.16. The van der Waals surface area contributed by atoms with E-state index < -0.39 is 0 Å². The Morgan fingerprint density at radius 3 is 3.10 bits per heavy atom. The van der Waals surface area contributed by atoms with Crippen molar-refractivity contribution < 1.29 is 4.58 Å². The van der Waals surface area contributed by atoms with Crippen molar-refractivity contribution in [2.24, 2.45) is 0 Å². The van der Waals surface area contributed by atoms with Crippen molar-refractivity contribution in [3.05, 3.63) is 36.0 Å². The molecule has 0 saturated heterocycles. The molecule has 1 aliphatic carbocycles. The summed E-state index contributed by atoms with van der Waals surface area (Å²) in [6.07, 6.45) is 12.8. The summed E-state index contributed by atoms with van der Waals surface area (Å²) in [6, 6.07) is 0.505. The number of nitrogens with zero attached hydrogens (tertiary/aromatic N) is 1. The Kier molecular flexibility index (Phi) is 1.10. The van der Waals surface area contributed by atoms with Crippen LogP contribution in [0.25, 0.3) is 0 Å². The molecule has 0 aromatic heterocycles. The molecule has 0 aromatic rings. The number of rotatable bonds is 0. The molecule has 1 heteroatoms. The van der Waals surface area contributed by atoms with Crippen molar-refractivity contribution in [3.8, 4) is 0 Å². The predicted molar refractivity (Wildman–Crippen MR) is 42.4 cm³/mol. The lowest BCUT2D eigenvalue weighted by Crippen LogP contribution is -2.18. The van der Waals surface area contributed by atoms with Crippen molar-refractivity contribution in [1.82, 2.24) is 0 Å². The van der Waals surface area contributed by atoms with E-state index in [1.54, 1.807) is 0 Å². The van der Waals surface area contributed by atoms with Crippen LogP contribution in [0.5, 0.6) is 0 Å². The first-order valence-corrected chi connectivity index (χ1v) is 3.50. The van der Waals surface area contributed by atoms with Crippen LogP contribution in [0.3, 0.4) is 0 Å². The molecule has 0 N–H and O–H groups in total. The van der Waals surface area contributed by atoms with Crippen LogP contribution in [0, 0.1) is 0 Å². The number of fused-ring (bicyclic) bond motifs is 1. The van der Waals surface area contributed by atoms with Gasteiger partial charge in [0.05, 0.1) is 0 Å². The van der Waals surface area contributed by atoms with Gasteiger partial charge >= 0.3 is 0 Å². The van der Waals surface area contributed by atoms with Crippen molar-refractivity contribution in [3.63, 3.8) is 0 Å². The van der Waals surface area contributed by atoms with Gasteiger partial charge in [-0.15, -0.1) is 0 Å². The number of hydrogen-bond acceptors (Lipinski definition) is 0. The minimum atomic E-state index is 0.505. The number of allylic oxidation sites excluding steroid dienone is 3. The van der Waals surface area contributed by atoms with Gasteiger partial charge in [-0.2, -0.15) is 0 Å². The molecule has 0 fully saturated rings. The minimum absolute atomic E-state index is 0.505. The van der Waals surface area contributed by atoms with Gasteiger partial charge in [0.1, 0.15) is 7.05 Å². The predicted octanol–water partition coefficient (Wildman–Crippen LogP) is 1.13. The van der Waals surface area contributed by atoms with Crippen molar-refractivity contribution in [2.75, 3.05) is 7.05 Å². The van der Waals surface area contributed by atoms with Crippen LogP contribution in [-0.4, -0.2) is 23.9 Å². The van der Waals surface area contributed by atoms with Gasteiger partial charge in [0.2, 0.25) is 0 Å². The van der Waals surface area contributed by atoms with E-state index in [2.05, 4.69) is 48.2 Å². The highest BCUT2D eigenvalue weighted by Gasteiger charge is 2.22. The van der Waals surface area contributed by atoms with Crippen molar-refractivity contribution in [1.29, 1.82) is 0 Å².